The molecule has 0 radical (unpaired) electrons. The van der Waals surface area contributed by atoms with Crippen LogP contribution in [0.25, 0.3) is 5.78 Å². The molecule has 0 saturated heterocycles. The van der Waals surface area contributed by atoms with Gasteiger partial charge in [0.05, 0.1) is 31.5 Å². The van der Waals surface area contributed by atoms with Gasteiger partial charge in [0.1, 0.15) is 0 Å². The van der Waals surface area contributed by atoms with Crippen molar-refractivity contribution in [1.29, 1.82) is 0 Å². The number of nitrogens with zero attached hydrogens (tertiary/aromatic N) is 5. The minimum absolute atomic E-state index is 0.0508. The summed E-state index contributed by atoms with van der Waals surface area (Å²) in [5, 5.41) is 4.22. The van der Waals surface area contributed by atoms with E-state index in [1.54, 1.807) is 24.9 Å². The van der Waals surface area contributed by atoms with E-state index in [4.69, 9.17) is 15.2 Å². The Morgan fingerprint density at radius 2 is 2.00 bits per heavy atom. The van der Waals surface area contributed by atoms with Crippen LogP contribution >= 0.6 is 0 Å². The lowest BCUT2D eigenvalue weighted by Gasteiger charge is -2.41. The molecular formula is C18H18N6O3. The Balaban J connectivity index is 1.68. The highest BCUT2D eigenvalue weighted by atomic mass is 16.5. The maximum absolute atomic E-state index is 13.1. The minimum atomic E-state index is -0.107. The second-order valence-corrected chi connectivity index (χ2v) is 6.67. The van der Waals surface area contributed by atoms with Crippen LogP contribution in [0.1, 0.15) is 33.2 Å². The number of anilines is 1. The Labute approximate surface area is 154 Å². The normalized spacial score (nSPS) is 18.1. The number of carbonyl (C=O) groups is 1. The van der Waals surface area contributed by atoms with Gasteiger partial charge in [0.2, 0.25) is 5.95 Å². The van der Waals surface area contributed by atoms with Crippen LogP contribution in [0.4, 0.5) is 5.95 Å². The first-order valence-electron chi connectivity index (χ1n) is 8.66. The third kappa shape index (κ3) is 2.17. The smallest absolute Gasteiger partial charge is 0.257 e. The van der Waals surface area contributed by atoms with Gasteiger partial charge in [0.15, 0.2) is 11.5 Å². The summed E-state index contributed by atoms with van der Waals surface area (Å²) in [6, 6.07) is 3.86. The van der Waals surface area contributed by atoms with Crippen molar-refractivity contribution in [1.82, 2.24) is 24.5 Å². The maximum atomic E-state index is 13.1. The van der Waals surface area contributed by atoms with Crippen LogP contribution in [-0.4, -0.2) is 51.2 Å². The summed E-state index contributed by atoms with van der Waals surface area (Å²) in [5.41, 5.74) is 9.28. The Kier molecular flexibility index (Phi) is 3.27. The minimum Gasteiger partial charge on any atom is -0.493 e. The maximum Gasteiger partial charge on any atom is 0.257 e. The first kappa shape index (κ1) is 15.9. The number of ether oxygens (including phenoxy) is 2. The molecule has 0 fully saturated rings. The monoisotopic (exact) mass is 366 g/mol. The molecule has 1 aromatic carbocycles. The molecular weight excluding hydrogens is 348 g/mol. The Hall–Kier alpha value is -3.36. The number of hydrogen-bond donors (Lipinski definition) is 1. The van der Waals surface area contributed by atoms with Crippen LogP contribution < -0.4 is 15.2 Å². The largest absolute Gasteiger partial charge is 0.493 e. The molecule has 0 saturated carbocycles. The van der Waals surface area contributed by atoms with Gasteiger partial charge in [0, 0.05) is 19.2 Å². The van der Waals surface area contributed by atoms with E-state index in [0.29, 0.717) is 35.8 Å². The second-order valence-electron chi connectivity index (χ2n) is 6.67. The zero-order valence-electron chi connectivity index (χ0n) is 15.0. The third-order valence-electron chi connectivity index (χ3n) is 5.36. The molecule has 9 nitrogen and oxygen atoms in total. The molecule has 3 aromatic rings. The van der Waals surface area contributed by atoms with E-state index in [1.165, 1.54) is 0 Å². The molecule has 2 N–H and O–H groups in total. The lowest BCUT2D eigenvalue weighted by atomic mass is 9.85. The molecule has 138 valence electrons. The van der Waals surface area contributed by atoms with Gasteiger partial charge in [-0.05, 0) is 29.7 Å². The van der Waals surface area contributed by atoms with Gasteiger partial charge in [-0.1, -0.05) is 0 Å². The number of rotatable bonds is 2. The van der Waals surface area contributed by atoms with Gasteiger partial charge >= 0.3 is 0 Å². The predicted octanol–water partition coefficient (Wildman–Crippen LogP) is 1.02. The van der Waals surface area contributed by atoms with Crippen molar-refractivity contribution in [2.45, 2.75) is 18.9 Å². The summed E-state index contributed by atoms with van der Waals surface area (Å²) in [6.07, 6.45) is 2.94. The van der Waals surface area contributed by atoms with E-state index in [2.05, 4.69) is 15.1 Å². The topological polar surface area (TPSA) is 108 Å². The van der Waals surface area contributed by atoms with E-state index in [1.807, 2.05) is 17.0 Å². The molecule has 0 bridgehead atoms. The van der Waals surface area contributed by atoms with E-state index in [0.717, 1.165) is 23.2 Å². The Bertz CT molecular complexity index is 1090. The van der Waals surface area contributed by atoms with Crippen LogP contribution in [0.3, 0.4) is 0 Å². The van der Waals surface area contributed by atoms with E-state index >= 15 is 0 Å². The van der Waals surface area contributed by atoms with Gasteiger partial charge in [-0.3, -0.25) is 4.79 Å². The molecule has 4 heterocycles. The molecule has 0 spiro atoms. The van der Waals surface area contributed by atoms with Crippen molar-refractivity contribution in [3.8, 4) is 11.5 Å². The van der Waals surface area contributed by atoms with Crippen molar-refractivity contribution in [3.63, 3.8) is 0 Å². The highest BCUT2D eigenvalue weighted by Crippen LogP contribution is 2.42. The molecule has 1 atom stereocenters. The number of methoxy groups -OCH3 is 2. The van der Waals surface area contributed by atoms with Gasteiger partial charge in [0.25, 0.3) is 11.7 Å². The summed E-state index contributed by atoms with van der Waals surface area (Å²) in [4.78, 5) is 23.3. The number of nitrogen functional groups attached to an aromatic ring is 1. The molecule has 5 rings (SSSR count). The standard InChI is InChI=1S/C18H18N6O3/c1-26-14-5-9-3-4-23-12(10(9)6-15(14)27-2)7-13-11(16(23)25)8-20-18-21-17(19)22-24(13)18/h5-6,8,12H,3-4,7H2,1-2H3,(H2,19,22)/t12-/m0/s1. The highest BCUT2D eigenvalue weighted by Gasteiger charge is 2.39. The highest BCUT2D eigenvalue weighted by molar-refractivity contribution is 5.97. The molecule has 9 heteroatoms. The average molecular weight is 366 g/mol. The lowest BCUT2D eigenvalue weighted by molar-refractivity contribution is 0.0626. The quantitative estimate of drug-likeness (QED) is 0.721. The fourth-order valence-electron chi connectivity index (χ4n) is 4.10. The van der Waals surface area contributed by atoms with Crippen LogP contribution in [0, 0.1) is 0 Å². The van der Waals surface area contributed by atoms with Crippen LogP contribution in [0.15, 0.2) is 18.3 Å². The van der Waals surface area contributed by atoms with Crippen molar-refractivity contribution < 1.29 is 14.3 Å². The number of carbonyl (C=O) groups excluding carboxylic acids is 1. The summed E-state index contributed by atoms with van der Waals surface area (Å²) in [7, 11) is 3.23. The summed E-state index contributed by atoms with van der Waals surface area (Å²) in [6.45, 7) is 0.642. The Morgan fingerprint density at radius 3 is 2.78 bits per heavy atom. The van der Waals surface area contributed by atoms with E-state index < -0.39 is 0 Å². The van der Waals surface area contributed by atoms with E-state index in [-0.39, 0.29) is 17.9 Å². The molecule has 2 aromatic heterocycles. The molecule has 2 aliphatic heterocycles. The lowest BCUT2D eigenvalue weighted by Crippen LogP contribution is -2.45. The van der Waals surface area contributed by atoms with Crippen LogP contribution in [0.2, 0.25) is 0 Å². The summed E-state index contributed by atoms with van der Waals surface area (Å²) < 4.78 is 12.5. The van der Waals surface area contributed by atoms with Crippen LogP contribution in [-0.2, 0) is 12.8 Å². The molecule has 1 amide bonds. The fraction of sp³-hybridized carbons (Fsp3) is 0.333. The van der Waals surface area contributed by atoms with E-state index in [9.17, 15) is 4.79 Å². The van der Waals surface area contributed by atoms with Gasteiger partial charge < -0.3 is 20.1 Å². The SMILES string of the molecule is COc1cc2c(cc1OC)[C@@H]1Cc3c(cnc4nc(N)nn34)C(=O)N1CC2. The fourth-order valence-corrected chi connectivity index (χ4v) is 4.10. The zero-order valence-corrected chi connectivity index (χ0v) is 15.0. The second kappa shape index (κ2) is 5.57. The Morgan fingerprint density at radius 1 is 1.22 bits per heavy atom. The molecule has 27 heavy (non-hydrogen) atoms. The molecule has 0 aliphatic carbocycles. The number of nitrogens with two attached hydrogens (primary N) is 1. The average Bonchev–Trinajstić information content (AvgIpc) is 3.07. The number of benzene rings is 1. The number of amides is 1. The number of hydrogen-bond acceptors (Lipinski definition) is 7. The molecule has 0 unspecified atom stereocenters. The number of fused-ring (bicyclic) bond motifs is 6. The predicted molar refractivity (Wildman–Crippen MR) is 95.9 cm³/mol. The van der Waals surface area contributed by atoms with Crippen LogP contribution in [0.5, 0.6) is 11.5 Å². The zero-order chi connectivity index (χ0) is 18.7. The summed E-state index contributed by atoms with van der Waals surface area (Å²) >= 11 is 0. The number of aromatic nitrogens is 4. The van der Waals surface area contributed by atoms with Gasteiger partial charge in [-0.15, -0.1) is 5.10 Å². The molecule has 2 aliphatic rings. The first-order chi connectivity index (χ1) is 13.1. The first-order valence-corrected chi connectivity index (χ1v) is 8.66. The third-order valence-corrected chi connectivity index (χ3v) is 5.36. The van der Waals surface area contributed by atoms with Gasteiger partial charge in [-0.25, -0.2) is 4.98 Å². The van der Waals surface area contributed by atoms with Crippen molar-refractivity contribution in [2.24, 2.45) is 0 Å². The summed E-state index contributed by atoms with van der Waals surface area (Å²) in [5.74, 6) is 1.84. The van der Waals surface area contributed by atoms with Gasteiger partial charge in [-0.2, -0.15) is 9.50 Å². The van der Waals surface area contributed by atoms with Crippen molar-refractivity contribution in [3.05, 3.63) is 40.7 Å². The van der Waals surface area contributed by atoms with Crippen molar-refractivity contribution in [2.75, 3.05) is 26.5 Å². The van der Waals surface area contributed by atoms with Crippen molar-refractivity contribution >= 4 is 17.6 Å².